The van der Waals surface area contributed by atoms with Crippen LogP contribution >= 0.6 is 22.9 Å². The SMILES string of the molecule is NC1COCC1C(=O)N1CCN(Cc2ccc(Cl)s2)CC1. The Morgan fingerprint density at radius 1 is 1.33 bits per heavy atom. The Morgan fingerprint density at radius 2 is 2.10 bits per heavy atom. The first-order valence-electron chi connectivity index (χ1n) is 7.22. The number of carbonyl (C=O) groups excluding carboxylic acids is 1. The van der Waals surface area contributed by atoms with Crippen molar-refractivity contribution in [3.8, 4) is 0 Å². The van der Waals surface area contributed by atoms with Gasteiger partial charge >= 0.3 is 0 Å². The van der Waals surface area contributed by atoms with E-state index in [2.05, 4.69) is 11.0 Å². The lowest BCUT2D eigenvalue weighted by Gasteiger charge is -2.36. The van der Waals surface area contributed by atoms with E-state index in [4.69, 9.17) is 22.1 Å². The summed E-state index contributed by atoms with van der Waals surface area (Å²) in [6.45, 7) is 5.19. The lowest BCUT2D eigenvalue weighted by Crippen LogP contribution is -2.52. The smallest absolute Gasteiger partial charge is 0.229 e. The number of hydrogen-bond acceptors (Lipinski definition) is 5. The summed E-state index contributed by atoms with van der Waals surface area (Å²) in [6.07, 6.45) is 0. The molecule has 2 N–H and O–H groups in total. The molecule has 7 heteroatoms. The molecule has 2 unspecified atom stereocenters. The lowest BCUT2D eigenvalue weighted by atomic mass is 10.0. The quantitative estimate of drug-likeness (QED) is 0.899. The molecule has 1 aromatic heterocycles. The zero-order chi connectivity index (χ0) is 14.8. The molecule has 0 saturated carbocycles. The topological polar surface area (TPSA) is 58.8 Å². The van der Waals surface area contributed by atoms with Crippen molar-refractivity contribution >= 4 is 28.8 Å². The molecule has 2 aliphatic heterocycles. The van der Waals surface area contributed by atoms with E-state index in [0.717, 1.165) is 37.1 Å². The second-order valence-electron chi connectivity index (χ2n) is 5.62. The average Bonchev–Trinajstić information content (AvgIpc) is 3.08. The van der Waals surface area contributed by atoms with Crippen molar-refractivity contribution in [1.29, 1.82) is 0 Å². The predicted octanol–water partition coefficient (Wildman–Crippen LogP) is 1.02. The van der Waals surface area contributed by atoms with E-state index >= 15 is 0 Å². The van der Waals surface area contributed by atoms with Gasteiger partial charge < -0.3 is 15.4 Å². The largest absolute Gasteiger partial charge is 0.379 e. The number of thiophene rings is 1. The van der Waals surface area contributed by atoms with Gasteiger partial charge in [-0.1, -0.05) is 11.6 Å². The van der Waals surface area contributed by atoms with E-state index in [1.807, 2.05) is 11.0 Å². The van der Waals surface area contributed by atoms with Crippen molar-refractivity contribution in [2.45, 2.75) is 12.6 Å². The maximum Gasteiger partial charge on any atom is 0.229 e. The summed E-state index contributed by atoms with van der Waals surface area (Å²) in [7, 11) is 0. The maximum absolute atomic E-state index is 12.4. The monoisotopic (exact) mass is 329 g/mol. The van der Waals surface area contributed by atoms with Crippen molar-refractivity contribution in [2.24, 2.45) is 11.7 Å². The lowest BCUT2D eigenvalue weighted by molar-refractivity contribution is -0.137. The molecule has 3 heterocycles. The van der Waals surface area contributed by atoms with Crippen LogP contribution in [0.2, 0.25) is 4.34 Å². The van der Waals surface area contributed by atoms with Gasteiger partial charge in [-0.25, -0.2) is 0 Å². The Kier molecular flexibility index (Phi) is 4.81. The number of nitrogens with zero attached hydrogens (tertiary/aromatic N) is 2. The highest BCUT2D eigenvalue weighted by Crippen LogP contribution is 2.23. The molecule has 21 heavy (non-hydrogen) atoms. The summed E-state index contributed by atoms with van der Waals surface area (Å²) in [5.74, 6) is -0.00790. The van der Waals surface area contributed by atoms with Crippen molar-refractivity contribution < 1.29 is 9.53 Å². The molecule has 1 amide bonds. The number of halogens is 1. The van der Waals surface area contributed by atoms with Crippen LogP contribution in [0.5, 0.6) is 0 Å². The molecule has 1 aromatic rings. The number of ether oxygens (including phenoxy) is 1. The molecule has 0 radical (unpaired) electrons. The Morgan fingerprint density at radius 3 is 2.67 bits per heavy atom. The predicted molar refractivity (Wildman–Crippen MR) is 83.5 cm³/mol. The molecular weight excluding hydrogens is 310 g/mol. The number of rotatable bonds is 3. The fraction of sp³-hybridized carbons (Fsp3) is 0.643. The second-order valence-corrected chi connectivity index (χ2v) is 7.41. The van der Waals surface area contributed by atoms with Crippen LogP contribution in [0.25, 0.3) is 0 Å². The van der Waals surface area contributed by atoms with E-state index in [0.29, 0.717) is 13.2 Å². The number of nitrogens with two attached hydrogens (primary N) is 1. The molecular formula is C14H20ClN3O2S. The summed E-state index contributed by atoms with van der Waals surface area (Å²) < 4.78 is 6.12. The fourth-order valence-corrected chi connectivity index (χ4v) is 3.97. The summed E-state index contributed by atoms with van der Waals surface area (Å²) in [5.41, 5.74) is 5.92. The summed E-state index contributed by atoms with van der Waals surface area (Å²) in [6, 6.07) is 3.85. The van der Waals surface area contributed by atoms with Gasteiger partial charge in [0.25, 0.3) is 0 Å². The van der Waals surface area contributed by atoms with Crippen LogP contribution < -0.4 is 5.73 Å². The normalized spacial score (nSPS) is 27.2. The maximum atomic E-state index is 12.4. The molecule has 2 aliphatic rings. The number of piperazine rings is 1. The van der Waals surface area contributed by atoms with Gasteiger partial charge in [-0.2, -0.15) is 0 Å². The van der Waals surface area contributed by atoms with Crippen LogP contribution in [0.1, 0.15) is 4.88 Å². The van der Waals surface area contributed by atoms with Gasteiger partial charge in [-0.3, -0.25) is 9.69 Å². The highest BCUT2D eigenvalue weighted by atomic mass is 35.5. The molecule has 0 aliphatic carbocycles. The molecule has 2 fully saturated rings. The third kappa shape index (κ3) is 3.57. The second kappa shape index (κ2) is 6.62. The minimum Gasteiger partial charge on any atom is -0.379 e. The molecule has 0 bridgehead atoms. The van der Waals surface area contributed by atoms with E-state index in [9.17, 15) is 4.79 Å². The Hall–Kier alpha value is -0.660. The first kappa shape index (κ1) is 15.2. The van der Waals surface area contributed by atoms with Gasteiger partial charge in [0.2, 0.25) is 5.91 Å². The van der Waals surface area contributed by atoms with E-state index in [-0.39, 0.29) is 17.9 Å². The Labute approximate surface area is 133 Å². The van der Waals surface area contributed by atoms with Gasteiger partial charge in [-0.15, -0.1) is 11.3 Å². The van der Waals surface area contributed by atoms with Gasteiger partial charge in [0.15, 0.2) is 0 Å². The van der Waals surface area contributed by atoms with Crippen molar-refractivity contribution in [1.82, 2.24) is 9.80 Å². The first-order chi connectivity index (χ1) is 10.1. The highest BCUT2D eigenvalue weighted by molar-refractivity contribution is 7.16. The highest BCUT2D eigenvalue weighted by Gasteiger charge is 2.35. The van der Waals surface area contributed by atoms with Gasteiger partial charge in [0.05, 0.1) is 23.5 Å². The summed E-state index contributed by atoms with van der Waals surface area (Å²) in [5, 5.41) is 0. The van der Waals surface area contributed by atoms with Crippen LogP contribution in [0, 0.1) is 5.92 Å². The molecule has 0 spiro atoms. The van der Waals surface area contributed by atoms with E-state index in [1.165, 1.54) is 4.88 Å². The van der Waals surface area contributed by atoms with Crippen LogP contribution in [-0.4, -0.2) is 61.1 Å². The van der Waals surface area contributed by atoms with Gasteiger partial charge in [0.1, 0.15) is 0 Å². The zero-order valence-electron chi connectivity index (χ0n) is 11.8. The standard InChI is InChI=1S/C14H20ClN3O2S/c15-13-2-1-10(21-13)7-17-3-5-18(6-4-17)14(19)11-8-20-9-12(11)16/h1-2,11-12H,3-9,16H2. The third-order valence-corrected chi connectivity index (χ3v) is 5.35. The molecule has 2 atom stereocenters. The van der Waals surface area contributed by atoms with Gasteiger partial charge in [-0.05, 0) is 12.1 Å². The first-order valence-corrected chi connectivity index (χ1v) is 8.41. The minimum absolute atomic E-state index is 0.149. The van der Waals surface area contributed by atoms with E-state index in [1.54, 1.807) is 11.3 Å². The molecule has 0 aromatic carbocycles. The molecule has 3 rings (SSSR count). The van der Waals surface area contributed by atoms with Gasteiger partial charge in [0, 0.05) is 43.6 Å². The van der Waals surface area contributed by atoms with Crippen LogP contribution in [0.4, 0.5) is 0 Å². The van der Waals surface area contributed by atoms with Crippen LogP contribution in [-0.2, 0) is 16.1 Å². The number of amides is 1. The Balaban J connectivity index is 1.49. The minimum atomic E-state index is -0.160. The fourth-order valence-electron chi connectivity index (χ4n) is 2.84. The van der Waals surface area contributed by atoms with Crippen LogP contribution in [0.15, 0.2) is 12.1 Å². The number of hydrogen-bond donors (Lipinski definition) is 1. The third-order valence-electron chi connectivity index (χ3n) is 4.13. The van der Waals surface area contributed by atoms with Crippen molar-refractivity contribution in [2.75, 3.05) is 39.4 Å². The average molecular weight is 330 g/mol. The molecule has 5 nitrogen and oxygen atoms in total. The van der Waals surface area contributed by atoms with Crippen LogP contribution in [0.3, 0.4) is 0 Å². The van der Waals surface area contributed by atoms with E-state index < -0.39 is 0 Å². The summed E-state index contributed by atoms with van der Waals surface area (Å²) >= 11 is 7.57. The zero-order valence-corrected chi connectivity index (χ0v) is 13.4. The summed E-state index contributed by atoms with van der Waals surface area (Å²) in [4.78, 5) is 18.0. The van der Waals surface area contributed by atoms with Crippen molar-refractivity contribution in [3.05, 3.63) is 21.3 Å². The molecule has 2 saturated heterocycles. The number of carbonyl (C=O) groups is 1. The van der Waals surface area contributed by atoms with Crippen molar-refractivity contribution in [3.63, 3.8) is 0 Å². The Bertz CT molecular complexity index is 502. The molecule has 116 valence electrons.